The summed E-state index contributed by atoms with van der Waals surface area (Å²) in [6.45, 7) is 0. The number of nitrogens with zero attached hydrogens (tertiary/aromatic N) is 1. The van der Waals surface area contributed by atoms with Crippen molar-refractivity contribution in [2.45, 2.75) is 38.1 Å². The van der Waals surface area contributed by atoms with E-state index in [0.717, 1.165) is 25.7 Å². The van der Waals surface area contributed by atoms with Crippen LogP contribution < -0.4 is 5.32 Å². The summed E-state index contributed by atoms with van der Waals surface area (Å²) >= 11 is 0. The molecule has 0 radical (unpaired) electrons. The van der Waals surface area contributed by atoms with Crippen molar-refractivity contribution in [3.8, 4) is 0 Å². The molecule has 0 unspecified atom stereocenters. The molecule has 0 bridgehead atoms. The van der Waals surface area contributed by atoms with Crippen LogP contribution in [-0.2, 0) is 0 Å². The molecule has 1 fully saturated rings. The van der Waals surface area contributed by atoms with Gasteiger partial charge in [-0.25, -0.2) is 4.79 Å². The SMILES string of the molecule is O=C(O)c1cccnc1C(=O)NC1CCCCC1. The molecule has 0 spiro atoms. The van der Waals surface area contributed by atoms with Gasteiger partial charge in [0.15, 0.2) is 0 Å². The van der Waals surface area contributed by atoms with Gasteiger partial charge in [0.05, 0.1) is 5.56 Å². The van der Waals surface area contributed by atoms with Crippen molar-refractivity contribution in [3.63, 3.8) is 0 Å². The number of hydrogen-bond acceptors (Lipinski definition) is 3. The lowest BCUT2D eigenvalue weighted by molar-refractivity contribution is 0.0689. The molecule has 96 valence electrons. The average molecular weight is 248 g/mol. The molecule has 2 rings (SSSR count). The Morgan fingerprint density at radius 3 is 2.67 bits per heavy atom. The van der Waals surface area contributed by atoms with Gasteiger partial charge in [0.2, 0.25) is 0 Å². The number of carbonyl (C=O) groups excluding carboxylic acids is 1. The van der Waals surface area contributed by atoms with E-state index in [9.17, 15) is 9.59 Å². The summed E-state index contributed by atoms with van der Waals surface area (Å²) in [6, 6.07) is 3.06. The van der Waals surface area contributed by atoms with Crippen molar-refractivity contribution in [1.29, 1.82) is 0 Å². The van der Waals surface area contributed by atoms with Crippen LogP contribution >= 0.6 is 0 Å². The second-order valence-electron chi connectivity index (χ2n) is 4.51. The number of carboxylic acid groups (broad SMARTS) is 1. The number of rotatable bonds is 3. The molecule has 0 atom stereocenters. The maximum Gasteiger partial charge on any atom is 0.338 e. The summed E-state index contributed by atoms with van der Waals surface area (Å²) in [6.07, 6.45) is 6.78. The van der Waals surface area contributed by atoms with Gasteiger partial charge in [-0.1, -0.05) is 19.3 Å². The van der Waals surface area contributed by atoms with Crippen LogP contribution in [0, 0.1) is 0 Å². The van der Waals surface area contributed by atoms with Crippen molar-refractivity contribution >= 4 is 11.9 Å². The van der Waals surface area contributed by atoms with Crippen molar-refractivity contribution in [3.05, 3.63) is 29.6 Å². The average Bonchev–Trinajstić information content (AvgIpc) is 2.40. The Bertz CT molecular complexity index is 453. The van der Waals surface area contributed by atoms with Crippen LogP contribution in [0.3, 0.4) is 0 Å². The largest absolute Gasteiger partial charge is 0.478 e. The van der Waals surface area contributed by atoms with Crippen LogP contribution in [0.15, 0.2) is 18.3 Å². The fourth-order valence-electron chi connectivity index (χ4n) is 2.26. The quantitative estimate of drug-likeness (QED) is 0.855. The van der Waals surface area contributed by atoms with Crippen molar-refractivity contribution in [1.82, 2.24) is 10.3 Å². The summed E-state index contributed by atoms with van der Waals surface area (Å²) in [5.74, 6) is -1.52. The predicted octanol–water partition coefficient (Wildman–Crippen LogP) is 1.84. The van der Waals surface area contributed by atoms with Crippen molar-refractivity contribution in [2.24, 2.45) is 0 Å². The number of carbonyl (C=O) groups is 2. The first-order valence-electron chi connectivity index (χ1n) is 6.17. The molecule has 1 aromatic heterocycles. The van der Waals surface area contributed by atoms with Gasteiger partial charge in [-0.05, 0) is 25.0 Å². The highest BCUT2D eigenvalue weighted by Gasteiger charge is 2.21. The Balaban J connectivity index is 2.10. The molecule has 1 aromatic rings. The predicted molar refractivity (Wildman–Crippen MR) is 65.5 cm³/mol. The fraction of sp³-hybridized carbons (Fsp3) is 0.462. The lowest BCUT2D eigenvalue weighted by atomic mass is 9.95. The topological polar surface area (TPSA) is 79.3 Å². The summed E-state index contributed by atoms with van der Waals surface area (Å²) in [5.41, 5.74) is -0.0543. The summed E-state index contributed by atoms with van der Waals surface area (Å²) in [7, 11) is 0. The molecule has 1 amide bonds. The van der Waals surface area contributed by atoms with E-state index in [-0.39, 0.29) is 23.2 Å². The van der Waals surface area contributed by atoms with Crippen molar-refractivity contribution < 1.29 is 14.7 Å². The van der Waals surface area contributed by atoms with Crippen molar-refractivity contribution in [2.75, 3.05) is 0 Å². The zero-order valence-corrected chi connectivity index (χ0v) is 10.1. The number of hydrogen-bond donors (Lipinski definition) is 2. The number of carboxylic acids is 1. The Morgan fingerprint density at radius 1 is 1.28 bits per heavy atom. The fourth-order valence-corrected chi connectivity index (χ4v) is 2.26. The van der Waals surface area contributed by atoms with Crippen LogP contribution in [0.1, 0.15) is 53.0 Å². The van der Waals surface area contributed by atoms with E-state index in [1.54, 1.807) is 0 Å². The first-order valence-corrected chi connectivity index (χ1v) is 6.17. The number of aromatic carboxylic acids is 1. The molecule has 5 nitrogen and oxygen atoms in total. The van der Waals surface area contributed by atoms with Gasteiger partial charge in [0.1, 0.15) is 5.69 Å². The van der Waals surface area contributed by atoms with Gasteiger partial charge in [0, 0.05) is 12.2 Å². The van der Waals surface area contributed by atoms with E-state index in [0.29, 0.717) is 0 Å². The monoisotopic (exact) mass is 248 g/mol. The van der Waals surface area contributed by atoms with Crippen LogP contribution in [0.4, 0.5) is 0 Å². The van der Waals surface area contributed by atoms with Gasteiger partial charge in [-0.3, -0.25) is 9.78 Å². The second kappa shape index (κ2) is 5.62. The van der Waals surface area contributed by atoms with E-state index in [2.05, 4.69) is 10.3 Å². The number of pyridine rings is 1. The smallest absolute Gasteiger partial charge is 0.338 e. The normalized spacial score (nSPS) is 16.2. The van der Waals surface area contributed by atoms with E-state index < -0.39 is 5.97 Å². The van der Waals surface area contributed by atoms with Crippen LogP contribution in [-0.4, -0.2) is 28.0 Å². The lowest BCUT2D eigenvalue weighted by Crippen LogP contribution is -2.37. The van der Waals surface area contributed by atoms with Crippen LogP contribution in [0.2, 0.25) is 0 Å². The van der Waals surface area contributed by atoms with E-state index in [1.807, 2.05) is 0 Å². The molecule has 1 aliphatic carbocycles. The molecule has 2 N–H and O–H groups in total. The lowest BCUT2D eigenvalue weighted by Gasteiger charge is -2.22. The first-order chi connectivity index (χ1) is 8.68. The second-order valence-corrected chi connectivity index (χ2v) is 4.51. The third-order valence-corrected chi connectivity index (χ3v) is 3.19. The van der Waals surface area contributed by atoms with Gasteiger partial charge in [-0.15, -0.1) is 0 Å². The van der Waals surface area contributed by atoms with E-state index in [4.69, 9.17) is 5.11 Å². The summed E-state index contributed by atoms with van der Waals surface area (Å²) in [4.78, 5) is 26.9. The minimum atomic E-state index is -1.13. The Morgan fingerprint density at radius 2 is 2.00 bits per heavy atom. The number of aromatic nitrogens is 1. The Kier molecular flexibility index (Phi) is 3.92. The minimum Gasteiger partial charge on any atom is -0.478 e. The third-order valence-electron chi connectivity index (χ3n) is 3.19. The van der Waals surface area contributed by atoms with E-state index in [1.165, 1.54) is 24.8 Å². The maximum atomic E-state index is 12.0. The van der Waals surface area contributed by atoms with Crippen LogP contribution in [0.5, 0.6) is 0 Å². The Labute approximate surface area is 105 Å². The molecule has 0 aromatic carbocycles. The molecule has 1 aliphatic rings. The molecule has 1 saturated carbocycles. The zero-order chi connectivity index (χ0) is 13.0. The molecule has 18 heavy (non-hydrogen) atoms. The molecular formula is C13H16N2O3. The highest BCUT2D eigenvalue weighted by molar-refractivity contribution is 6.03. The Hall–Kier alpha value is -1.91. The van der Waals surface area contributed by atoms with Gasteiger partial charge in [-0.2, -0.15) is 0 Å². The molecule has 0 saturated heterocycles. The maximum absolute atomic E-state index is 12.0. The highest BCUT2D eigenvalue weighted by Crippen LogP contribution is 2.18. The highest BCUT2D eigenvalue weighted by atomic mass is 16.4. The van der Waals surface area contributed by atoms with Gasteiger partial charge in [0.25, 0.3) is 5.91 Å². The molecule has 0 aliphatic heterocycles. The van der Waals surface area contributed by atoms with Gasteiger partial charge >= 0.3 is 5.97 Å². The summed E-state index contributed by atoms with van der Waals surface area (Å²) < 4.78 is 0. The molecule has 5 heteroatoms. The molecule has 1 heterocycles. The van der Waals surface area contributed by atoms with Crippen LogP contribution in [0.25, 0.3) is 0 Å². The number of nitrogens with one attached hydrogen (secondary N) is 1. The summed E-state index contributed by atoms with van der Waals surface area (Å²) in [5, 5.41) is 11.9. The standard InChI is InChI=1S/C13H16N2O3/c16-12(15-9-5-2-1-3-6-9)11-10(13(17)18)7-4-8-14-11/h4,7-9H,1-3,5-6H2,(H,15,16)(H,17,18). The third kappa shape index (κ3) is 2.85. The molecular weight excluding hydrogens is 232 g/mol. The minimum absolute atomic E-state index is 0.00410. The van der Waals surface area contributed by atoms with Gasteiger partial charge < -0.3 is 10.4 Å². The first kappa shape index (κ1) is 12.5. The van der Waals surface area contributed by atoms with E-state index >= 15 is 0 Å². The zero-order valence-electron chi connectivity index (χ0n) is 10.1. The number of amides is 1.